The molecule has 0 bridgehead atoms. The summed E-state index contributed by atoms with van der Waals surface area (Å²) in [5.74, 6) is 0.0898. The first-order chi connectivity index (χ1) is 8.02. The van der Waals surface area contributed by atoms with Crippen LogP contribution in [-0.4, -0.2) is 16.6 Å². The molecule has 0 spiro atoms. The van der Waals surface area contributed by atoms with Gasteiger partial charge in [0.25, 0.3) is 0 Å². The Labute approximate surface area is 96.0 Å². The molecule has 1 aliphatic heterocycles. The van der Waals surface area contributed by atoms with Crippen LogP contribution in [0.3, 0.4) is 0 Å². The molecule has 1 aromatic heterocycles. The fraction of sp³-hybridized carbons (Fsp3) is 0.600. The van der Waals surface area contributed by atoms with E-state index in [2.05, 4.69) is 9.97 Å². The third-order valence-electron chi connectivity index (χ3n) is 2.59. The second-order valence-electron chi connectivity index (χ2n) is 3.81. The van der Waals surface area contributed by atoms with Crippen molar-refractivity contribution in [3.05, 3.63) is 23.3 Å². The maximum Gasteiger partial charge on any atom is 0.433 e. The van der Waals surface area contributed by atoms with Crippen LogP contribution in [-0.2, 0) is 17.5 Å². The van der Waals surface area contributed by atoms with Crippen LogP contribution in [0.5, 0.6) is 0 Å². The standard InChI is InChI=1S/C10H12F3N3O/c11-10(12,13)8-6(4-14)5-15-9(16-8)7-2-1-3-17-7/h5,7H,1-4,14H2. The molecule has 1 fully saturated rings. The minimum absolute atomic E-state index is 0.0898. The molecule has 4 nitrogen and oxygen atoms in total. The van der Waals surface area contributed by atoms with Crippen LogP contribution in [0.15, 0.2) is 6.20 Å². The van der Waals surface area contributed by atoms with Crippen LogP contribution < -0.4 is 5.73 Å². The number of hydrogen-bond acceptors (Lipinski definition) is 4. The van der Waals surface area contributed by atoms with Gasteiger partial charge < -0.3 is 10.5 Å². The van der Waals surface area contributed by atoms with E-state index in [4.69, 9.17) is 10.5 Å². The zero-order valence-electron chi connectivity index (χ0n) is 9.00. The lowest BCUT2D eigenvalue weighted by Gasteiger charge is -2.14. The SMILES string of the molecule is NCc1cnc(C2CCCO2)nc1C(F)(F)F. The molecule has 1 aliphatic rings. The highest BCUT2D eigenvalue weighted by atomic mass is 19.4. The summed E-state index contributed by atoms with van der Waals surface area (Å²) >= 11 is 0. The number of rotatable bonds is 2. The van der Waals surface area contributed by atoms with E-state index in [9.17, 15) is 13.2 Å². The molecule has 1 aromatic rings. The predicted molar refractivity (Wildman–Crippen MR) is 52.9 cm³/mol. The highest BCUT2D eigenvalue weighted by Gasteiger charge is 2.36. The van der Waals surface area contributed by atoms with Crippen molar-refractivity contribution >= 4 is 0 Å². The van der Waals surface area contributed by atoms with Gasteiger partial charge in [0.15, 0.2) is 11.5 Å². The van der Waals surface area contributed by atoms with Crippen molar-refractivity contribution in [3.63, 3.8) is 0 Å². The Hall–Kier alpha value is -1.21. The number of nitrogens with two attached hydrogens (primary N) is 1. The zero-order chi connectivity index (χ0) is 12.5. The summed E-state index contributed by atoms with van der Waals surface area (Å²) < 4.78 is 43.4. The molecule has 7 heteroatoms. The molecule has 94 valence electrons. The maximum absolute atomic E-state index is 12.7. The van der Waals surface area contributed by atoms with Crippen molar-refractivity contribution in [2.75, 3.05) is 6.61 Å². The molecule has 0 saturated carbocycles. The van der Waals surface area contributed by atoms with E-state index >= 15 is 0 Å². The number of ether oxygens (including phenoxy) is 1. The first-order valence-corrected chi connectivity index (χ1v) is 5.27. The van der Waals surface area contributed by atoms with Gasteiger partial charge in [-0.15, -0.1) is 0 Å². The summed E-state index contributed by atoms with van der Waals surface area (Å²) in [5, 5.41) is 0. The van der Waals surface area contributed by atoms with Gasteiger partial charge in [-0.05, 0) is 12.8 Å². The number of hydrogen-bond donors (Lipinski definition) is 1. The number of halogens is 3. The normalized spacial score (nSPS) is 20.8. The fourth-order valence-electron chi connectivity index (χ4n) is 1.75. The third kappa shape index (κ3) is 2.55. The average molecular weight is 247 g/mol. The first kappa shape index (κ1) is 12.3. The highest BCUT2D eigenvalue weighted by molar-refractivity contribution is 5.21. The van der Waals surface area contributed by atoms with E-state index in [1.165, 1.54) is 0 Å². The van der Waals surface area contributed by atoms with Gasteiger partial charge in [0.05, 0.1) is 0 Å². The lowest BCUT2D eigenvalue weighted by atomic mass is 10.2. The van der Waals surface area contributed by atoms with E-state index in [1.54, 1.807) is 0 Å². The number of aromatic nitrogens is 2. The Bertz CT molecular complexity index is 402. The van der Waals surface area contributed by atoms with E-state index in [0.29, 0.717) is 13.0 Å². The smallest absolute Gasteiger partial charge is 0.370 e. The van der Waals surface area contributed by atoms with Gasteiger partial charge in [-0.2, -0.15) is 13.2 Å². The van der Waals surface area contributed by atoms with E-state index < -0.39 is 18.0 Å². The molecule has 1 saturated heterocycles. The largest absolute Gasteiger partial charge is 0.433 e. The van der Waals surface area contributed by atoms with Crippen LogP contribution in [0.25, 0.3) is 0 Å². The third-order valence-corrected chi connectivity index (χ3v) is 2.59. The molecule has 2 rings (SSSR count). The molecule has 17 heavy (non-hydrogen) atoms. The molecule has 0 amide bonds. The average Bonchev–Trinajstić information content (AvgIpc) is 2.80. The Kier molecular flexibility index (Phi) is 3.30. The predicted octanol–water partition coefficient (Wildman–Crippen LogP) is 1.81. The monoisotopic (exact) mass is 247 g/mol. The number of nitrogens with zero attached hydrogens (tertiary/aromatic N) is 2. The summed E-state index contributed by atoms with van der Waals surface area (Å²) in [5.41, 5.74) is 4.18. The molecule has 0 aliphatic carbocycles. The minimum atomic E-state index is -4.51. The summed E-state index contributed by atoms with van der Waals surface area (Å²) in [7, 11) is 0. The van der Waals surface area contributed by atoms with Gasteiger partial charge in [-0.1, -0.05) is 0 Å². The summed E-state index contributed by atoms with van der Waals surface area (Å²) in [6.07, 6.45) is -2.34. The lowest BCUT2D eigenvalue weighted by Crippen LogP contribution is -2.18. The quantitative estimate of drug-likeness (QED) is 0.865. The fourth-order valence-corrected chi connectivity index (χ4v) is 1.75. The van der Waals surface area contributed by atoms with Crippen LogP contribution >= 0.6 is 0 Å². The van der Waals surface area contributed by atoms with Crippen molar-refractivity contribution in [3.8, 4) is 0 Å². The second-order valence-corrected chi connectivity index (χ2v) is 3.81. The lowest BCUT2D eigenvalue weighted by molar-refractivity contribution is -0.142. The van der Waals surface area contributed by atoms with Crippen LogP contribution in [0.2, 0.25) is 0 Å². The van der Waals surface area contributed by atoms with Crippen molar-refractivity contribution in [2.24, 2.45) is 5.73 Å². The van der Waals surface area contributed by atoms with E-state index in [0.717, 1.165) is 12.6 Å². The molecule has 2 heterocycles. The first-order valence-electron chi connectivity index (χ1n) is 5.27. The Morgan fingerprint density at radius 1 is 1.47 bits per heavy atom. The van der Waals surface area contributed by atoms with Gasteiger partial charge in [0.1, 0.15) is 6.10 Å². The van der Waals surface area contributed by atoms with Crippen molar-refractivity contribution < 1.29 is 17.9 Å². The van der Waals surface area contributed by atoms with Crippen molar-refractivity contribution in [2.45, 2.75) is 31.7 Å². The minimum Gasteiger partial charge on any atom is -0.370 e. The molecule has 2 N–H and O–H groups in total. The van der Waals surface area contributed by atoms with Gasteiger partial charge in [-0.3, -0.25) is 0 Å². The van der Waals surface area contributed by atoms with Crippen molar-refractivity contribution in [1.82, 2.24) is 9.97 Å². The van der Waals surface area contributed by atoms with E-state index in [-0.39, 0.29) is 17.9 Å². The molecule has 0 radical (unpaired) electrons. The second kappa shape index (κ2) is 4.58. The summed E-state index contributed by atoms with van der Waals surface area (Å²) in [4.78, 5) is 7.45. The van der Waals surface area contributed by atoms with E-state index in [1.807, 2.05) is 0 Å². The Balaban J connectivity index is 2.37. The zero-order valence-corrected chi connectivity index (χ0v) is 9.00. The number of alkyl halides is 3. The molecular formula is C10H12F3N3O. The van der Waals surface area contributed by atoms with Crippen molar-refractivity contribution in [1.29, 1.82) is 0 Å². The molecule has 0 aromatic carbocycles. The summed E-state index contributed by atoms with van der Waals surface area (Å²) in [6.45, 7) is 0.300. The molecule has 1 unspecified atom stereocenters. The molecule has 1 atom stereocenters. The van der Waals surface area contributed by atoms with Gasteiger partial charge in [-0.25, -0.2) is 9.97 Å². The Morgan fingerprint density at radius 2 is 2.24 bits per heavy atom. The maximum atomic E-state index is 12.7. The topological polar surface area (TPSA) is 61.0 Å². The summed E-state index contributed by atoms with van der Waals surface area (Å²) in [6, 6.07) is 0. The van der Waals surface area contributed by atoms with Gasteiger partial charge in [0, 0.05) is 24.9 Å². The van der Waals surface area contributed by atoms with Crippen LogP contribution in [0, 0.1) is 0 Å². The molecular weight excluding hydrogens is 235 g/mol. The highest BCUT2D eigenvalue weighted by Crippen LogP contribution is 2.32. The van der Waals surface area contributed by atoms with Gasteiger partial charge >= 0.3 is 6.18 Å². The van der Waals surface area contributed by atoms with Crippen LogP contribution in [0.4, 0.5) is 13.2 Å². The van der Waals surface area contributed by atoms with Gasteiger partial charge in [0.2, 0.25) is 0 Å². The Morgan fingerprint density at radius 3 is 2.76 bits per heavy atom. The van der Waals surface area contributed by atoms with Crippen LogP contribution in [0.1, 0.15) is 36.0 Å².